The van der Waals surface area contributed by atoms with E-state index in [-0.39, 0.29) is 12.0 Å². The van der Waals surface area contributed by atoms with Crippen molar-refractivity contribution in [3.05, 3.63) is 47.1 Å². The first-order valence-electron chi connectivity index (χ1n) is 9.46. The van der Waals surface area contributed by atoms with Crippen LogP contribution >= 0.6 is 11.3 Å². The fourth-order valence-electron chi connectivity index (χ4n) is 3.65. The van der Waals surface area contributed by atoms with Crippen molar-refractivity contribution in [2.75, 3.05) is 11.9 Å². The fraction of sp³-hybridized carbons (Fsp3) is 0.381. The van der Waals surface area contributed by atoms with Gasteiger partial charge in [0, 0.05) is 55.1 Å². The van der Waals surface area contributed by atoms with Gasteiger partial charge in [-0.2, -0.15) is 0 Å². The van der Waals surface area contributed by atoms with Crippen LogP contribution in [0.5, 0.6) is 5.88 Å². The quantitative estimate of drug-likeness (QED) is 0.706. The molecular formula is C21H24N4O2S. The molecule has 0 unspecified atom stereocenters. The molecule has 0 aliphatic carbocycles. The van der Waals surface area contributed by atoms with Gasteiger partial charge in [0.25, 0.3) is 0 Å². The number of amides is 1. The fourth-order valence-corrected chi connectivity index (χ4v) is 4.53. The molecule has 0 bridgehead atoms. The summed E-state index contributed by atoms with van der Waals surface area (Å²) >= 11 is 1.52. The van der Waals surface area contributed by atoms with E-state index in [1.807, 2.05) is 18.5 Å². The van der Waals surface area contributed by atoms with Gasteiger partial charge in [-0.05, 0) is 31.4 Å². The Balaban J connectivity index is 1.44. The van der Waals surface area contributed by atoms with Crippen molar-refractivity contribution in [2.45, 2.75) is 45.9 Å². The predicted molar refractivity (Wildman–Crippen MR) is 112 cm³/mol. The second kappa shape index (κ2) is 7.85. The van der Waals surface area contributed by atoms with Crippen LogP contribution in [0, 0.1) is 6.92 Å². The summed E-state index contributed by atoms with van der Waals surface area (Å²) in [6, 6.07) is 8.78. The molecule has 1 aliphatic heterocycles. The van der Waals surface area contributed by atoms with Gasteiger partial charge in [0.2, 0.25) is 11.8 Å². The number of ether oxygens (including phenoxy) is 1. The van der Waals surface area contributed by atoms with Crippen molar-refractivity contribution < 1.29 is 9.53 Å². The number of anilines is 1. The maximum absolute atomic E-state index is 11.2. The first-order chi connectivity index (χ1) is 13.5. The second-order valence-corrected chi connectivity index (χ2v) is 8.52. The minimum absolute atomic E-state index is 0.0956. The Kier molecular flexibility index (Phi) is 5.28. The van der Waals surface area contributed by atoms with E-state index >= 15 is 0 Å². The number of hydrogen-bond donors (Lipinski definition) is 1. The number of carbonyl (C=O) groups excluding carboxylic acids is 1. The highest BCUT2D eigenvalue weighted by molar-refractivity contribution is 7.15. The Morgan fingerprint density at radius 3 is 3.04 bits per heavy atom. The van der Waals surface area contributed by atoms with E-state index < -0.39 is 0 Å². The van der Waals surface area contributed by atoms with Crippen LogP contribution in [0.4, 0.5) is 5.13 Å². The molecular weight excluding hydrogens is 372 g/mol. The molecule has 2 atom stereocenters. The number of carbonyl (C=O) groups is 1. The van der Waals surface area contributed by atoms with Crippen LogP contribution in [-0.4, -0.2) is 39.5 Å². The summed E-state index contributed by atoms with van der Waals surface area (Å²) in [5.74, 6) is 0.618. The number of thiazole rings is 1. The molecule has 1 aliphatic rings. The normalized spacial score (nSPS) is 19.8. The smallest absolute Gasteiger partial charge is 0.223 e. The molecule has 1 N–H and O–H groups in total. The van der Waals surface area contributed by atoms with E-state index in [1.165, 1.54) is 23.8 Å². The van der Waals surface area contributed by atoms with Crippen molar-refractivity contribution >= 4 is 33.1 Å². The van der Waals surface area contributed by atoms with Crippen LogP contribution in [0.15, 0.2) is 36.7 Å². The molecule has 3 heterocycles. The average molecular weight is 397 g/mol. The number of likely N-dealkylation sites (tertiary alicyclic amines) is 1. The summed E-state index contributed by atoms with van der Waals surface area (Å²) in [5.41, 5.74) is 1.20. The number of fused-ring (bicyclic) bond motifs is 1. The van der Waals surface area contributed by atoms with Gasteiger partial charge >= 0.3 is 0 Å². The molecule has 7 heteroatoms. The Morgan fingerprint density at radius 1 is 1.36 bits per heavy atom. The van der Waals surface area contributed by atoms with Gasteiger partial charge in [0.1, 0.15) is 6.10 Å². The zero-order chi connectivity index (χ0) is 19.7. The minimum Gasteiger partial charge on any atom is -0.472 e. The maximum atomic E-state index is 11.2. The Bertz CT molecular complexity index is 1000. The lowest BCUT2D eigenvalue weighted by atomic mass is 10.1. The lowest BCUT2D eigenvalue weighted by Gasteiger charge is -2.19. The SMILES string of the molecule is CC(=O)Nc1ncc(CN2C[C@H](Oc3nccc4ccc(C)cc34)C[C@@H]2C)s1. The van der Waals surface area contributed by atoms with E-state index in [9.17, 15) is 4.79 Å². The zero-order valence-corrected chi connectivity index (χ0v) is 17.1. The van der Waals surface area contributed by atoms with Crippen molar-refractivity contribution in [1.29, 1.82) is 0 Å². The zero-order valence-electron chi connectivity index (χ0n) is 16.3. The number of rotatable bonds is 5. The largest absolute Gasteiger partial charge is 0.472 e. The number of hydrogen-bond acceptors (Lipinski definition) is 6. The van der Waals surface area contributed by atoms with Crippen LogP contribution in [0.2, 0.25) is 0 Å². The number of aryl methyl sites for hydroxylation is 1. The van der Waals surface area contributed by atoms with Gasteiger partial charge < -0.3 is 10.1 Å². The summed E-state index contributed by atoms with van der Waals surface area (Å²) in [6.45, 7) is 7.45. The summed E-state index contributed by atoms with van der Waals surface area (Å²) < 4.78 is 6.32. The van der Waals surface area contributed by atoms with Crippen molar-refractivity contribution in [3.63, 3.8) is 0 Å². The monoisotopic (exact) mass is 396 g/mol. The number of aromatic nitrogens is 2. The molecule has 1 amide bonds. The molecule has 28 heavy (non-hydrogen) atoms. The molecule has 1 aromatic carbocycles. The second-order valence-electron chi connectivity index (χ2n) is 7.41. The predicted octanol–water partition coefficient (Wildman–Crippen LogP) is 4.00. The third kappa shape index (κ3) is 4.15. The highest BCUT2D eigenvalue weighted by Gasteiger charge is 2.31. The summed E-state index contributed by atoms with van der Waals surface area (Å²) in [6.07, 6.45) is 4.72. The molecule has 0 radical (unpaired) electrons. The summed E-state index contributed by atoms with van der Waals surface area (Å²) in [4.78, 5) is 23.5. The highest BCUT2D eigenvalue weighted by Crippen LogP contribution is 2.30. The van der Waals surface area contributed by atoms with Gasteiger partial charge in [-0.15, -0.1) is 11.3 Å². The molecule has 3 aromatic rings. The molecule has 6 nitrogen and oxygen atoms in total. The van der Waals surface area contributed by atoms with Gasteiger partial charge in [-0.3, -0.25) is 9.69 Å². The Labute approximate surface area is 168 Å². The average Bonchev–Trinajstić information content (AvgIpc) is 3.21. The Morgan fingerprint density at radius 2 is 2.21 bits per heavy atom. The molecule has 1 fully saturated rings. The van der Waals surface area contributed by atoms with Crippen LogP contribution in [0.1, 0.15) is 30.7 Å². The van der Waals surface area contributed by atoms with E-state index in [0.717, 1.165) is 35.2 Å². The van der Waals surface area contributed by atoms with Crippen molar-refractivity contribution in [3.8, 4) is 5.88 Å². The molecule has 0 saturated carbocycles. The topological polar surface area (TPSA) is 67.4 Å². The van der Waals surface area contributed by atoms with Crippen LogP contribution in [-0.2, 0) is 11.3 Å². The minimum atomic E-state index is -0.0956. The summed E-state index contributed by atoms with van der Waals surface area (Å²) in [5, 5.41) is 5.60. The van der Waals surface area contributed by atoms with Gasteiger partial charge in [-0.25, -0.2) is 9.97 Å². The molecule has 1 saturated heterocycles. The third-order valence-electron chi connectivity index (χ3n) is 5.02. The number of nitrogens with one attached hydrogen (secondary N) is 1. The lowest BCUT2D eigenvalue weighted by molar-refractivity contribution is -0.114. The van der Waals surface area contributed by atoms with Crippen molar-refractivity contribution in [2.24, 2.45) is 0 Å². The summed E-state index contributed by atoms with van der Waals surface area (Å²) in [7, 11) is 0. The molecule has 0 spiro atoms. The van der Waals surface area contributed by atoms with Gasteiger partial charge in [0.05, 0.1) is 0 Å². The van der Waals surface area contributed by atoms with E-state index in [0.29, 0.717) is 17.1 Å². The lowest BCUT2D eigenvalue weighted by Crippen LogP contribution is -2.27. The molecule has 4 rings (SSSR count). The standard InChI is InChI=1S/C21H24N4O2S/c1-13-4-5-16-6-7-22-20(19(16)8-13)27-17-9-14(2)25(11-17)12-18-10-23-21(28-18)24-15(3)26/h4-8,10,14,17H,9,11-12H2,1-3H3,(H,23,24,26)/t14-,17+/m0/s1. The number of pyridine rings is 1. The van der Waals surface area contributed by atoms with Gasteiger partial charge in [-0.1, -0.05) is 17.7 Å². The maximum Gasteiger partial charge on any atom is 0.223 e. The van der Waals surface area contributed by atoms with Crippen LogP contribution in [0.25, 0.3) is 10.8 Å². The van der Waals surface area contributed by atoms with Crippen molar-refractivity contribution in [1.82, 2.24) is 14.9 Å². The van der Waals surface area contributed by atoms with E-state index in [2.05, 4.69) is 52.2 Å². The molecule has 2 aromatic heterocycles. The highest BCUT2D eigenvalue weighted by atomic mass is 32.1. The number of benzene rings is 1. The first-order valence-corrected chi connectivity index (χ1v) is 10.3. The Hall–Kier alpha value is -2.51. The van der Waals surface area contributed by atoms with Crippen LogP contribution < -0.4 is 10.1 Å². The van der Waals surface area contributed by atoms with E-state index in [1.54, 1.807) is 0 Å². The third-order valence-corrected chi connectivity index (χ3v) is 5.92. The number of nitrogens with zero attached hydrogens (tertiary/aromatic N) is 3. The van der Waals surface area contributed by atoms with Gasteiger partial charge in [0.15, 0.2) is 5.13 Å². The van der Waals surface area contributed by atoms with Crippen LogP contribution in [0.3, 0.4) is 0 Å². The van der Waals surface area contributed by atoms with E-state index in [4.69, 9.17) is 4.74 Å². The first kappa shape index (κ1) is 18.8. The molecule has 146 valence electrons.